The van der Waals surface area contributed by atoms with Gasteiger partial charge in [-0.05, 0) is 54.5 Å². The van der Waals surface area contributed by atoms with E-state index in [4.69, 9.17) is 4.74 Å². The van der Waals surface area contributed by atoms with E-state index >= 15 is 0 Å². The predicted molar refractivity (Wildman–Crippen MR) is 125 cm³/mol. The second-order valence-electron chi connectivity index (χ2n) is 9.08. The van der Waals surface area contributed by atoms with E-state index in [1.807, 2.05) is 30.3 Å². The van der Waals surface area contributed by atoms with Crippen molar-refractivity contribution in [3.05, 3.63) is 59.9 Å². The maximum absolute atomic E-state index is 13.7. The van der Waals surface area contributed by atoms with Crippen molar-refractivity contribution in [2.75, 3.05) is 27.2 Å². The highest BCUT2D eigenvalue weighted by atomic mass is 19.1. The first kappa shape index (κ1) is 23.9. The summed E-state index contributed by atoms with van der Waals surface area (Å²) in [7, 11) is 3.05. The molecule has 7 nitrogen and oxygen atoms in total. The van der Waals surface area contributed by atoms with Crippen LogP contribution in [-0.2, 0) is 25.5 Å². The standard InChI is InChI=1S/C26H30FN3O4/c1-29(2)26(33)24(31)28-21-11-12-30(25(32)23-10-5-13-34-23)22(21)15-17-6-3-7-18(14-17)19-8-4-9-20(27)16-19/h3-4,6-9,14,16,21-23H,5,10-13,15H2,1-2H3,(H,28,31)/t21-,22-,23+/m0/s1. The molecule has 0 aromatic heterocycles. The number of amides is 3. The van der Waals surface area contributed by atoms with Crippen molar-refractivity contribution in [1.29, 1.82) is 0 Å². The fourth-order valence-electron chi connectivity index (χ4n) is 4.73. The Bertz CT molecular complexity index is 1070. The Morgan fingerprint density at radius 1 is 1.09 bits per heavy atom. The first-order valence-corrected chi connectivity index (χ1v) is 11.6. The highest BCUT2D eigenvalue weighted by Crippen LogP contribution is 2.28. The largest absolute Gasteiger partial charge is 0.368 e. The molecule has 2 aromatic carbocycles. The molecule has 2 aliphatic heterocycles. The number of nitrogens with zero attached hydrogens (tertiary/aromatic N) is 2. The number of ether oxygens (including phenoxy) is 1. The van der Waals surface area contributed by atoms with Crippen molar-refractivity contribution in [1.82, 2.24) is 15.1 Å². The van der Waals surface area contributed by atoms with Crippen LogP contribution < -0.4 is 5.32 Å². The molecule has 2 aromatic rings. The number of rotatable bonds is 5. The first-order chi connectivity index (χ1) is 16.3. The van der Waals surface area contributed by atoms with Gasteiger partial charge in [-0.2, -0.15) is 0 Å². The molecular formula is C26H30FN3O4. The molecule has 2 heterocycles. The summed E-state index contributed by atoms with van der Waals surface area (Å²) >= 11 is 0. The highest BCUT2D eigenvalue weighted by Gasteiger charge is 2.41. The molecule has 2 aliphatic rings. The highest BCUT2D eigenvalue weighted by molar-refractivity contribution is 6.34. The number of likely N-dealkylation sites (tertiary alicyclic amines) is 1. The normalized spacial score (nSPS) is 22.0. The number of nitrogens with one attached hydrogen (secondary N) is 1. The summed E-state index contributed by atoms with van der Waals surface area (Å²) in [5.74, 6) is -1.68. The lowest BCUT2D eigenvalue weighted by Gasteiger charge is -2.30. The molecule has 0 bridgehead atoms. The van der Waals surface area contributed by atoms with E-state index in [0.717, 1.165) is 23.1 Å². The number of hydrogen-bond acceptors (Lipinski definition) is 4. The molecule has 0 spiro atoms. The van der Waals surface area contributed by atoms with Crippen molar-refractivity contribution >= 4 is 17.7 Å². The summed E-state index contributed by atoms with van der Waals surface area (Å²) in [5, 5.41) is 2.85. The number of benzene rings is 2. The average Bonchev–Trinajstić information content (AvgIpc) is 3.49. The lowest BCUT2D eigenvalue weighted by atomic mass is 9.96. The maximum atomic E-state index is 13.7. The summed E-state index contributed by atoms with van der Waals surface area (Å²) in [5.41, 5.74) is 2.59. The van der Waals surface area contributed by atoms with E-state index in [1.165, 1.54) is 31.1 Å². The molecule has 2 saturated heterocycles. The molecule has 0 aliphatic carbocycles. The van der Waals surface area contributed by atoms with Crippen molar-refractivity contribution in [2.45, 2.75) is 43.9 Å². The van der Waals surface area contributed by atoms with Crippen molar-refractivity contribution in [3.8, 4) is 11.1 Å². The summed E-state index contributed by atoms with van der Waals surface area (Å²) in [6.07, 6.45) is 2.12. The smallest absolute Gasteiger partial charge is 0.311 e. The van der Waals surface area contributed by atoms with E-state index < -0.39 is 17.9 Å². The van der Waals surface area contributed by atoms with E-state index in [9.17, 15) is 18.8 Å². The fourth-order valence-corrected chi connectivity index (χ4v) is 4.73. The topological polar surface area (TPSA) is 79.0 Å². The molecule has 180 valence electrons. The van der Waals surface area contributed by atoms with Gasteiger partial charge in [0, 0.05) is 27.2 Å². The van der Waals surface area contributed by atoms with Crippen molar-refractivity contribution in [3.63, 3.8) is 0 Å². The zero-order chi connectivity index (χ0) is 24.2. The summed E-state index contributed by atoms with van der Waals surface area (Å²) in [6.45, 7) is 1.05. The van der Waals surface area contributed by atoms with Crippen LogP contribution in [0.4, 0.5) is 4.39 Å². The predicted octanol–water partition coefficient (Wildman–Crippen LogP) is 2.39. The Kier molecular flexibility index (Phi) is 7.26. The Hall–Kier alpha value is -3.26. The second kappa shape index (κ2) is 10.3. The molecule has 34 heavy (non-hydrogen) atoms. The molecule has 3 atom stereocenters. The molecule has 1 N–H and O–H groups in total. The fraction of sp³-hybridized carbons (Fsp3) is 0.423. The summed E-state index contributed by atoms with van der Waals surface area (Å²) in [6, 6.07) is 13.5. The number of likely N-dealkylation sites (N-methyl/N-ethyl adjacent to an activating group) is 1. The molecule has 4 rings (SSSR count). The lowest BCUT2D eigenvalue weighted by molar-refractivity contribution is -0.145. The van der Waals surface area contributed by atoms with Gasteiger partial charge in [-0.25, -0.2) is 4.39 Å². The van der Waals surface area contributed by atoms with Gasteiger partial charge in [-0.15, -0.1) is 0 Å². The summed E-state index contributed by atoms with van der Waals surface area (Å²) < 4.78 is 19.4. The van der Waals surface area contributed by atoms with Crippen LogP contribution in [0.5, 0.6) is 0 Å². The van der Waals surface area contributed by atoms with Crippen LogP contribution in [0.2, 0.25) is 0 Å². The zero-order valence-electron chi connectivity index (χ0n) is 19.5. The third-order valence-corrected chi connectivity index (χ3v) is 6.48. The van der Waals surface area contributed by atoms with Crippen LogP contribution in [-0.4, -0.2) is 73.0 Å². The van der Waals surface area contributed by atoms with E-state index in [1.54, 1.807) is 11.0 Å². The Balaban J connectivity index is 1.58. The van der Waals surface area contributed by atoms with E-state index in [0.29, 0.717) is 32.4 Å². The van der Waals surface area contributed by atoms with Gasteiger partial charge in [0.2, 0.25) is 0 Å². The van der Waals surface area contributed by atoms with Crippen molar-refractivity contribution in [2.24, 2.45) is 0 Å². The van der Waals surface area contributed by atoms with Gasteiger partial charge < -0.3 is 19.9 Å². The van der Waals surface area contributed by atoms with Gasteiger partial charge in [-0.3, -0.25) is 14.4 Å². The van der Waals surface area contributed by atoms with Gasteiger partial charge in [0.15, 0.2) is 0 Å². The number of hydrogen-bond donors (Lipinski definition) is 1. The van der Waals surface area contributed by atoms with Gasteiger partial charge in [0.1, 0.15) is 11.9 Å². The van der Waals surface area contributed by atoms with E-state index in [2.05, 4.69) is 5.32 Å². The molecule has 3 amide bonds. The van der Waals surface area contributed by atoms with Crippen LogP contribution in [0.15, 0.2) is 48.5 Å². The monoisotopic (exact) mass is 467 g/mol. The van der Waals surface area contributed by atoms with Gasteiger partial charge in [0.05, 0.1) is 12.1 Å². The minimum atomic E-state index is -0.681. The molecule has 0 unspecified atom stereocenters. The molecule has 8 heteroatoms. The SMILES string of the molecule is CN(C)C(=O)C(=O)N[C@H]1CCN(C(=O)[C@H]2CCCO2)[C@H]1Cc1cccc(-c2cccc(F)c2)c1. The Morgan fingerprint density at radius 2 is 1.82 bits per heavy atom. The number of carbonyl (C=O) groups is 3. The lowest BCUT2D eigenvalue weighted by Crippen LogP contribution is -2.52. The maximum Gasteiger partial charge on any atom is 0.311 e. The van der Waals surface area contributed by atoms with Gasteiger partial charge in [-0.1, -0.05) is 36.4 Å². The zero-order valence-corrected chi connectivity index (χ0v) is 19.5. The number of halogens is 1. The third kappa shape index (κ3) is 5.28. The minimum Gasteiger partial charge on any atom is -0.368 e. The van der Waals surface area contributed by atoms with Gasteiger partial charge in [0.25, 0.3) is 5.91 Å². The van der Waals surface area contributed by atoms with Crippen LogP contribution in [0.25, 0.3) is 11.1 Å². The molecule has 0 saturated carbocycles. The minimum absolute atomic E-state index is 0.0699. The number of carbonyl (C=O) groups excluding carboxylic acids is 3. The average molecular weight is 468 g/mol. The quantitative estimate of drug-likeness (QED) is 0.685. The van der Waals surface area contributed by atoms with Crippen LogP contribution in [0.3, 0.4) is 0 Å². The summed E-state index contributed by atoms with van der Waals surface area (Å²) in [4.78, 5) is 40.8. The second-order valence-corrected chi connectivity index (χ2v) is 9.08. The molecule has 0 radical (unpaired) electrons. The van der Waals surface area contributed by atoms with Crippen LogP contribution in [0.1, 0.15) is 24.8 Å². The first-order valence-electron chi connectivity index (χ1n) is 11.6. The van der Waals surface area contributed by atoms with E-state index in [-0.39, 0.29) is 23.8 Å². The Morgan fingerprint density at radius 3 is 2.50 bits per heavy atom. The Labute approximate surface area is 198 Å². The van der Waals surface area contributed by atoms with Gasteiger partial charge >= 0.3 is 11.8 Å². The molecule has 2 fully saturated rings. The van der Waals surface area contributed by atoms with Crippen LogP contribution in [0, 0.1) is 5.82 Å². The molecular weight excluding hydrogens is 437 g/mol. The van der Waals surface area contributed by atoms with Crippen LogP contribution >= 0.6 is 0 Å². The van der Waals surface area contributed by atoms with Crippen molar-refractivity contribution < 1.29 is 23.5 Å². The third-order valence-electron chi connectivity index (χ3n) is 6.48.